The van der Waals surface area contributed by atoms with Crippen LogP contribution < -0.4 is 11.1 Å². The van der Waals surface area contributed by atoms with E-state index in [4.69, 9.17) is 4.42 Å². The molecule has 0 aliphatic rings. The Hall–Kier alpha value is -3.37. The van der Waals surface area contributed by atoms with Gasteiger partial charge in [-0.3, -0.25) is 4.98 Å². The summed E-state index contributed by atoms with van der Waals surface area (Å²) in [6, 6.07) is 15.1. The minimum Gasteiger partial charge on any atom is -0.408 e. The molecule has 6 nitrogen and oxygen atoms in total. The van der Waals surface area contributed by atoms with Gasteiger partial charge in [0.15, 0.2) is 5.58 Å². The third kappa shape index (κ3) is 2.55. The highest BCUT2D eigenvalue weighted by atomic mass is 32.1. The summed E-state index contributed by atoms with van der Waals surface area (Å²) in [4.78, 5) is 18.2. The van der Waals surface area contributed by atoms with Gasteiger partial charge in [0.05, 0.1) is 15.7 Å². The summed E-state index contributed by atoms with van der Waals surface area (Å²) in [5.74, 6) is -0.495. The zero-order valence-corrected chi connectivity index (χ0v) is 13.1. The summed E-state index contributed by atoms with van der Waals surface area (Å²) in [7, 11) is 0. The standard InChI is InChI=1S/C17H10N4O2S/c18-8-10(16-20-13-3-1-2-4-15(13)24-16)9-19-11-5-6-12-14(7-11)23-17(22)21-12/h1-7,9,19H,(H,21,22)/b10-9+. The quantitative estimate of drug-likeness (QED) is 0.557. The van der Waals surface area contributed by atoms with Crippen molar-refractivity contribution in [1.29, 1.82) is 5.26 Å². The largest absolute Gasteiger partial charge is 0.417 e. The first-order valence-electron chi connectivity index (χ1n) is 7.08. The van der Waals surface area contributed by atoms with Crippen LogP contribution in [0.3, 0.4) is 0 Å². The van der Waals surface area contributed by atoms with Crippen molar-refractivity contribution in [1.82, 2.24) is 9.97 Å². The molecule has 0 spiro atoms. The molecule has 4 aromatic rings. The Morgan fingerprint density at radius 2 is 2.21 bits per heavy atom. The van der Waals surface area contributed by atoms with Crippen LogP contribution in [0.4, 0.5) is 5.69 Å². The first-order chi connectivity index (χ1) is 11.7. The van der Waals surface area contributed by atoms with E-state index in [0.29, 0.717) is 27.4 Å². The van der Waals surface area contributed by atoms with Crippen LogP contribution in [0.15, 0.2) is 57.9 Å². The Bertz CT molecular complexity index is 1140. The number of aromatic amines is 1. The fraction of sp³-hybridized carbons (Fsp3) is 0. The molecule has 0 fully saturated rings. The van der Waals surface area contributed by atoms with Crippen molar-refractivity contribution in [2.24, 2.45) is 0 Å². The molecule has 0 aliphatic heterocycles. The Morgan fingerprint density at radius 3 is 3.04 bits per heavy atom. The third-order valence-corrected chi connectivity index (χ3v) is 4.52. The number of para-hydroxylation sites is 1. The highest BCUT2D eigenvalue weighted by molar-refractivity contribution is 7.19. The monoisotopic (exact) mass is 334 g/mol. The van der Waals surface area contributed by atoms with Crippen LogP contribution in [0.5, 0.6) is 0 Å². The second-order valence-electron chi connectivity index (χ2n) is 5.03. The van der Waals surface area contributed by atoms with E-state index in [0.717, 1.165) is 10.2 Å². The fourth-order valence-electron chi connectivity index (χ4n) is 2.32. The predicted octanol–water partition coefficient (Wildman–Crippen LogP) is 3.71. The number of nitrogens with one attached hydrogen (secondary N) is 2. The highest BCUT2D eigenvalue weighted by Crippen LogP contribution is 2.27. The molecule has 0 radical (unpaired) electrons. The van der Waals surface area contributed by atoms with E-state index in [9.17, 15) is 10.1 Å². The summed E-state index contributed by atoms with van der Waals surface area (Å²) < 4.78 is 6.05. The van der Waals surface area contributed by atoms with E-state index in [1.54, 1.807) is 24.4 Å². The number of rotatable bonds is 3. The number of thiazole rings is 1. The number of hydrogen-bond acceptors (Lipinski definition) is 6. The maximum Gasteiger partial charge on any atom is 0.417 e. The molecule has 0 saturated heterocycles. The molecule has 0 amide bonds. The van der Waals surface area contributed by atoms with E-state index in [2.05, 4.69) is 21.4 Å². The van der Waals surface area contributed by atoms with Crippen molar-refractivity contribution < 1.29 is 4.42 Å². The average molecular weight is 334 g/mol. The lowest BCUT2D eigenvalue weighted by atomic mass is 10.2. The maximum atomic E-state index is 11.2. The summed E-state index contributed by atoms with van der Waals surface area (Å²) in [5.41, 5.74) is 3.10. The van der Waals surface area contributed by atoms with E-state index in [1.807, 2.05) is 24.3 Å². The zero-order chi connectivity index (χ0) is 16.5. The molecule has 0 saturated carbocycles. The first-order valence-corrected chi connectivity index (χ1v) is 7.90. The molecular formula is C17H10N4O2S. The van der Waals surface area contributed by atoms with Gasteiger partial charge in [-0.25, -0.2) is 9.78 Å². The normalized spacial score (nSPS) is 11.7. The number of allylic oxidation sites excluding steroid dienone is 1. The minimum absolute atomic E-state index is 0.437. The van der Waals surface area contributed by atoms with Gasteiger partial charge in [0, 0.05) is 18.0 Å². The lowest BCUT2D eigenvalue weighted by Gasteiger charge is -2.00. The fourth-order valence-corrected chi connectivity index (χ4v) is 3.25. The highest BCUT2D eigenvalue weighted by Gasteiger charge is 2.08. The summed E-state index contributed by atoms with van der Waals surface area (Å²) >= 11 is 1.46. The van der Waals surface area contributed by atoms with Crippen molar-refractivity contribution in [3.8, 4) is 6.07 Å². The number of anilines is 1. The van der Waals surface area contributed by atoms with Crippen molar-refractivity contribution in [3.63, 3.8) is 0 Å². The Labute approximate surface area is 139 Å². The van der Waals surface area contributed by atoms with Crippen molar-refractivity contribution in [2.75, 3.05) is 5.32 Å². The van der Waals surface area contributed by atoms with Gasteiger partial charge in [0.25, 0.3) is 0 Å². The average Bonchev–Trinajstić information content (AvgIpc) is 3.17. The van der Waals surface area contributed by atoms with Crippen LogP contribution in [0.1, 0.15) is 5.01 Å². The molecule has 2 heterocycles. The van der Waals surface area contributed by atoms with E-state index < -0.39 is 5.76 Å². The molecule has 0 atom stereocenters. The topological polar surface area (TPSA) is 94.7 Å². The first kappa shape index (κ1) is 14.2. The van der Waals surface area contributed by atoms with Crippen LogP contribution in [-0.2, 0) is 0 Å². The van der Waals surface area contributed by atoms with Crippen LogP contribution >= 0.6 is 11.3 Å². The molecule has 4 rings (SSSR count). The number of H-pyrrole nitrogens is 1. The number of hydrogen-bond donors (Lipinski definition) is 2. The van der Waals surface area contributed by atoms with Gasteiger partial charge in [0.1, 0.15) is 16.6 Å². The molecule has 0 unspecified atom stereocenters. The SMILES string of the molecule is N#C/C(=C\Nc1ccc2[nH]c(=O)oc2c1)c1nc2ccccc2s1. The third-order valence-electron chi connectivity index (χ3n) is 3.45. The second kappa shape index (κ2) is 5.68. The van der Waals surface area contributed by atoms with Crippen molar-refractivity contribution in [2.45, 2.75) is 0 Å². The summed E-state index contributed by atoms with van der Waals surface area (Å²) in [6.07, 6.45) is 1.60. The Kier molecular flexibility index (Phi) is 3.37. The molecule has 0 bridgehead atoms. The van der Waals surface area contributed by atoms with E-state index >= 15 is 0 Å². The molecule has 2 aromatic carbocycles. The molecule has 2 aromatic heterocycles. The van der Waals surface area contributed by atoms with Gasteiger partial charge in [-0.15, -0.1) is 11.3 Å². The molecule has 2 N–H and O–H groups in total. The summed E-state index contributed by atoms with van der Waals surface area (Å²) in [6.45, 7) is 0. The van der Waals surface area contributed by atoms with E-state index in [1.165, 1.54) is 11.3 Å². The second-order valence-corrected chi connectivity index (χ2v) is 6.06. The smallest absolute Gasteiger partial charge is 0.408 e. The van der Waals surface area contributed by atoms with Crippen LogP contribution in [0.25, 0.3) is 26.9 Å². The summed E-state index contributed by atoms with van der Waals surface area (Å²) in [5, 5.41) is 13.1. The van der Waals surface area contributed by atoms with Gasteiger partial charge in [-0.1, -0.05) is 12.1 Å². The number of nitriles is 1. The van der Waals surface area contributed by atoms with Crippen molar-refractivity contribution >= 4 is 43.9 Å². The maximum absolute atomic E-state index is 11.2. The molecule has 7 heteroatoms. The minimum atomic E-state index is -0.495. The van der Waals surface area contributed by atoms with Gasteiger partial charge in [-0.05, 0) is 24.3 Å². The van der Waals surface area contributed by atoms with Gasteiger partial charge < -0.3 is 9.73 Å². The van der Waals surface area contributed by atoms with E-state index in [-0.39, 0.29) is 0 Å². The van der Waals surface area contributed by atoms with Crippen molar-refractivity contribution in [3.05, 3.63) is 64.2 Å². The molecule has 116 valence electrons. The van der Waals surface area contributed by atoms with Gasteiger partial charge >= 0.3 is 5.76 Å². The van der Waals surface area contributed by atoms with Crippen LogP contribution in [-0.4, -0.2) is 9.97 Å². The Balaban J connectivity index is 1.66. The Morgan fingerprint density at radius 1 is 1.33 bits per heavy atom. The number of fused-ring (bicyclic) bond motifs is 2. The molecular weight excluding hydrogens is 324 g/mol. The number of oxazole rings is 1. The van der Waals surface area contributed by atoms with Gasteiger partial charge in [-0.2, -0.15) is 5.26 Å². The predicted molar refractivity (Wildman–Crippen MR) is 93.7 cm³/mol. The lowest BCUT2D eigenvalue weighted by Crippen LogP contribution is -1.92. The number of aromatic nitrogens is 2. The lowest BCUT2D eigenvalue weighted by molar-refractivity contribution is 0.555. The molecule has 0 aliphatic carbocycles. The molecule has 24 heavy (non-hydrogen) atoms. The number of benzene rings is 2. The zero-order valence-electron chi connectivity index (χ0n) is 12.2. The van der Waals surface area contributed by atoms with Crippen LogP contribution in [0.2, 0.25) is 0 Å². The number of nitrogens with zero attached hydrogens (tertiary/aromatic N) is 2. The van der Waals surface area contributed by atoms with Gasteiger partial charge in [0.2, 0.25) is 0 Å². The van der Waals surface area contributed by atoms with Crippen LogP contribution in [0, 0.1) is 11.3 Å².